The van der Waals surface area contributed by atoms with E-state index in [1.165, 1.54) is 32.1 Å². The van der Waals surface area contributed by atoms with Gasteiger partial charge in [-0.05, 0) is 43.9 Å². The lowest BCUT2D eigenvalue weighted by molar-refractivity contribution is 0.0318. The van der Waals surface area contributed by atoms with Crippen LogP contribution in [0.5, 0.6) is 0 Å². The van der Waals surface area contributed by atoms with Crippen molar-refractivity contribution in [3.8, 4) is 0 Å². The molecule has 2 rings (SSSR count). The number of halogens is 1. The molecule has 1 saturated carbocycles. The summed E-state index contributed by atoms with van der Waals surface area (Å²) in [6, 6.07) is 0. The normalized spacial score (nSPS) is 43.2. The summed E-state index contributed by atoms with van der Waals surface area (Å²) in [5.74, 6) is 1.69. The fraction of sp³-hybridized carbons (Fsp3) is 1.00. The molecule has 0 N–H and O–H groups in total. The highest BCUT2D eigenvalue weighted by atomic mass is 35.5. The summed E-state index contributed by atoms with van der Waals surface area (Å²) in [7, 11) is 0. The number of hydrogen-bond donors (Lipinski definition) is 0. The summed E-state index contributed by atoms with van der Waals surface area (Å²) >= 11 is 6.09. The fourth-order valence-corrected chi connectivity index (χ4v) is 2.88. The molecular weight excluding hydrogens is 172 g/mol. The lowest BCUT2D eigenvalue weighted by Gasteiger charge is -2.27. The molecule has 0 bridgehead atoms. The van der Waals surface area contributed by atoms with Crippen LogP contribution in [0.3, 0.4) is 0 Å². The molecule has 3 unspecified atom stereocenters. The Hall–Kier alpha value is 0.250. The van der Waals surface area contributed by atoms with E-state index < -0.39 is 0 Å². The Labute approximate surface area is 79.4 Å². The fourth-order valence-electron chi connectivity index (χ4n) is 2.52. The summed E-state index contributed by atoms with van der Waals surface area (Å²) in [4.78, 5) is 0. The first-order chi connectivity index (χ1) is 5.86. The highest BCUT2D eigenvalue weighted by Crippen LogP contribution is 2.37. The van der Waals surface area contributed by atoms with Gasteiger partial charge in [0, 0.05) is 18.6 Å². The van der Waals surface area contributed by atoms with Gasteiger partial charge >= 0.3 is 0 Å². The van der Waals surface area contributed by atoms with Gasteiger partial charge in [-0.15, -0.1) is 11.6 Å². The van der Waals surface area contributed by atoms with E-state index in [1.807, 2.05) is 0 Å². The maximum absolute atomic E-state index is 6.09. The molecule has 3 atom stereocenters. The topological polar surface area (TPSA) is 9.23 Å². The minimum absolute atomic E-state index is 0.455. The van der Waals surface area contributed by atoms with E-state index in [2.05, 4.69) is 0 Å². The molecule has 1 aliphatic carbocycles. The first-order valence-corrected chi connectivity index (χ1v) is 5.51. The van der Waals surface area contributed by atoms with Gasteiger partial charge in [0.1, 0.15) is 0 Å². The van der Waals surface area contributed by atoms with E-state index in [9.17, 15) is 0 Å². The van der Waals surface area contributed by atoms with Gasteiger partial charge < -0.3 is 4.74 Å². The Morgan fingerprint density at radius 1 is 1.08 bits per heavy atom. The number of ether oxygens (including phenoxy) is 1. The van der Waals surface area contributed by atoms with Gasteiger partial charge in [-0.25, -0.2) is 0 Å². The second-order valence-corrected chi connectivity index (χ2v) is 4.76. The van der Waals surface area contributed by atoms with Gasteiger partial charge in [-0.1, -0.05) is 0 Å². The molecule has 1 aliphatic heterocycles. The van der Waals surface area contributed by atoms with E-state index in [-0.39, 0.29) is 0 Å². The zero-order chi connectivity index (χ0) is 8.39. The van der Waals surface area contributed by atoms with Crippen LogP contribution in [0.2, 0.25) is 0 Å². The first-order valence-electron chi connectivity index (χ1n) is 5.08. The molecule has 0 aromatic rings. The molecule has 70 valence electrons. The standard InChI is InChI=1S/C10H17ClO/c11-10-4-3-8(6-10)9-2-1-5-12-7-9/h8-10H,1-7H2. The average Bonchev–Trinajstić information content (AvgIpc) is 2.54. The Morgan fingerprint density at radius 2 is 2.00 bits per heavy atom. The van der Waals surface area contributed by atoms with Crippen molar-refractivity contribution in [2.24, 2.45) is 11.8 Å². The SMILES string of the molecule is ClC1CCC(C2CCCOC2)C1. The maximum atomic E-state index is 6.09. The highest BCUT2D eigenvalue weighted by Gasteiger charge is 2.30. The Bertz CT molecular complexity index is 140. The van der Waals surface area contributed by atoms with E-state index in [0.29, 0.717) is 5.38 Å². The van der Waals surface area contributed by atoms with Crippen molar-refractivity contribution in [3.63, 3.8) is 0 Å². The Balaban J connectivity index is 1.83. The smallest absolute Gasteiger partial charge is 0.0496 e. The van der Waals surface area contributed by atoms with Crippen molar-refractivity contribution in [3.05, 3.63) is 0 Å². The summed E-state index contributed by atoms with van der Waals surface area (Å²) in [6.45, 7) is 1.97. The van der Waals surface area contributed by atoms with Crippen molar-refractivity contribution in [1.82, 2.24) is 0 Å². The number of alkyl halides is 1. The van der Waals surface area contributed by atoms with Crippen molar-refractivity contribution in [2.75, 3.05) is 13.2 Å². The third-order valence-electron chi connectivity index (χ3n) is 3.27. The summed E-state index contributed by atoms with van der Waals surface area (Å²) < 4.78 is 5.49. The lowest BCUT2D eigenvalue weighted by Crippen LogP contribution is -2.23. The molecular formula is C10H17ClO. The second-order valence-electron chi connectivity index (χ2n) is 4.15. The maximum Gasteiger partial charge on any atom is 0.0496 e. The van der Waals surface area contributed by atoms with Crippen LogP contribution in [0.15, 0.2) is 0 Å². The quantitative estimate of drug-likeness (QED) is 0.575. The number of rotatable bonds is 1. The van der Waals surface area contributed by atoms with Crippen molar-refractivity contribution in [2.45, 2.75) is 37.5 Å². The van der Waals surface area contributed by atoms with Crippen LogP contribution in [-0.2, 0) is 4.74 Å². The molecule has 0 spiro atoms. The van der Waals surface area contributed by atoms with Gasteiger partial charge in [-0.3, -0.25) is 0 Å². The van der Waals surface area contributed by atoms with E-state index in [0.717, 1.165) is 25.0 Å². The molecule has 1 nitrogen and oxygen atoms in total. The third kappa shape index (κ3) is 1.94. The van der Waals surface area contributed by atoms with Crippen molar-refractivity contribution < 1.29 is 4.74 Å². The number of hydrogen-bond acceptors (Lipinski definition) is 1. The predicted octanol–water partition coefficient (Wildman–Crippen LogP) is 2.82. The van der Waals surface area contributed by atoms with Gasteiger partial charge in [0.15, 0.2) is 0 Å². The molecule has 1 heterocycles. The zero-order valence-electron chi connectivity index (χ0n) is 7.47. The molecule has 1 saturated heterocycles. The molecule has 0 amide bonds. The van der Waals surface area contributed by atoms with Crippen LogP contribution in [0.1, 0.15) is 32.1 Å². The summed E-state index contributed by atoms with van der Waals surface area (Å²) in [5, 5.41) is 0.455. The molecule has 12 heavy (non-hydrogen) atoms. The minimum atomic E-state index is 0.455. The highest BCUT2D eigenvalue weighted by molar-refractivity contribution is 6.20. The first kappa shape index (κ1) is 8.83. The molecule has 0 aromatic carbocycles. The summed E-state index contributed by atoms with van der Waals surface area (Å²) in [5.41, 5.74) is 0. The van der Waals surface area contributed by atoms with Crippen LogP contribution in [0, 0.1) is 11.8 Å². The van der Waals surface area contributed by atoms with Crippen LogP contribution in [-0.4, -0.2) is 18.6 Å². The van der Waals surface area contributed by atoms with Gasteiger partial charge in [0.25, 0.3) is 0 Å². The van der Waals surface area contributed by atoms with Crippen LogP contribution < -0.4 is 0 Å². The van der Waals surface area contributed by atoms with Crippen molar-refractivity contribution >= 4 is 11.6 Å². The average molecular weight is 189 g/mol. The van der Waals surface area contributed by atoms with Gasteiger partial charge in [-0.2, -0.15) is 0 Å². The Kier molecular flexibility index (Phi) is 2.92. The summed E-state index contributed by atoms with van der Waals surface area (Å²) in [6.07, 6.45) is 6.42. The second kappa shape index (κ2) is 3.97. The minimum Gasteiger partial charge on any atom is -0.381 e. The molecule has 0 aromatic heterocycles. The van der Waals surface area contributed by atoms with E-state index >= 15 is 0 Å². The molecule has 2 aliphatic rings. The predicted molar refractivity (Wildman–Crippen MR) is 50.5 cm³/mol. The Morgan fingerprint density at radius 3 is 2.58 bits per heavy atom. The molecule has 2 heteroatoms. The van der Waals surface area contributed by atoms with E-state index in [4.69, 9.17) is 16.3 Å². The van der Waals surface area contributed by atoms with Crippen LogP contribution in [0.4, 0.5) is 0 Å². The molecule has 2 fully saturated rings. The van der Waals surface area contributed by atoms with Crippen LogP contribution in [0.25, 0.3) is 0 Å². The monoisotopic (exact) mass is 188 g/mol. The largest absolute Gasteiger partial charge is 0.381 e. The van der Waals surface area contributed by atoms with Gasteiger partial charge in [0.05, 0.1) is 0 Å². The third-order valence-corrected chi connectivity index (χ3v) is 3.67. The van der Waals surface area contributed by atoms with Crippen LogP contribution >= 0.6 is 11.6 Å². The van der Waals surface area contributed by atoms with E-state index in [1.54, 1.807) is 0 Å². The molecule has 0 radical (unpaired) electrons. The van der Waals surface area contributed by atoms with Gasteiger partial charge in [0.2, 0.25) is 0 Å². The van der Waals surface area contributed by atoms with Crippen molar-refractivity contribution in [1.29, 1.82) is 0 Å². The zero-order valence-corrected chi connectivity index (χ0v) is 8.22. The lowest BCUT2D eigenvalue weighted by atomic mass is 9.87.